The molecule has 0 bridgehead atoms. The molecule has 11 rings (SSSR count). The van der Waals surface area contributed by atoms with Gasteiger partial charge in [0.2, 0.25) is 0 Å². The molecular formula is C48H30N2Se. The second-order valence-electron chi connectivity index (χ2n) is 13.3. The second kappa shape index (κ2) is 11.2. The van der Waals surface area contributed by atoms with E-state index in [1.54, 1.807) is 0 Å². The van der Waals surface area contributed by atoms with Crippen LogP contribution in [-0.2, 0) is 0 Å². The fourth-order valence-electron chi connectivity index (χ4n) is 8.38. The van der Waals surface area contributed by atoms with Gasteiger partial charge in [-0.1, -0.05) is 12.1 Å². The first-order valence-electron chi connectivity index (χ1n) is 17.4. The van der Waals surface area contributed by atoms with Crippen molar-refractivity contribution in [3.8, 4) is 33.6 Å². The summed E-state index contributed by atoms with van der Waals surface area (Å²) in [5.74, 6) is 0. The Bertz CT molecular complexity index is 3090. The maximum absolute atomic E-state index is 2.51. The maximum atomic E-state index is 2.51. The van der Waals surface area contributed by atoms with E-state index in [9.17, 15) is 0 Å². The van der Waals surface area contributed by atoms with Gasteiger partial charge in [-0.3, -0.25) is 0 Å². The molecule has 11 aromatic rings. The predicted octanol–water partition coefficient (Wildman–Crippen LogP) is 12.6. The number of fused-ring (bicyclic) bond motifs is 9. The van der Waals surface area contributed by atoms with Gasteiger partial charge in [-0.2, -0.15) is 0 Å². The van der Waals surface area contributed by atoms with Gasteiger partial charge in [-0.25, -0.2) is 0 Å². The van der Waals surface area contributed by atoms with Crippen molar-refractivity contribution in [3.63, 3.8) is 0 Å². The zero-order valence-corrected chi connectivity index (χ0v) is 29.3. The molecule has 0 radical (unpaired) electrons. The molecule has 3 aromatic heterocycles. The average Bonchev–Trinajstić information content (AvgIpc) is 3.86. The third-order valence-electron chi connectivity index (χ3n) is 10.5. The molecule has 0 atom stereocenters. The second-order valence-corrected chi connectivity index (χ2v) is 15.5. The molecule has 3 heteroatoms. The molecule has 3 heterocycles. The molecule has 0 N–H and O–H groups in total. The van der Waals surface area contributed by atoms with Crippen LogP contribution in [0.4, 0.5) is 0 Å². The van der Waals surface area contributed by atoms with Crippen molar-refractivity contribution in [3.05, 3.63) is 182 Å². The van der Waals surface area contributed by atoms with Crippen LogP contribution < -0.4 is 0 Å². The number of nitrogens with zero attached hydrogens (tertiary/aromatic N) is 2. The van der Waals surface area contributed by atoms with E-state index in [1.165, 1.54) is 96.5 Å². The molecular weight excluding hydrogens is 684 g/mol. The Morgan fingerprint density at radius 2 is 0.902 bits per heavy atom. The van der Waals surface area contributed by atoms with Crippen LogP contribution in [-0.4, -0.2) is 23.6 Å². The number of aromatic nitrogens is 2. The van der Waals surface area contributed by atoms with Gasteiger partial charge in [-0.05, 0) is 0 Å². The SMILES string of the molecule is c1ccc(-c2ccccc2-c2cccc3c2[se]c2cccc(-n4c5ccccc5c5cc(-n6c7ccccc7c7ccccc76)ccc54)c23)cc1. The summed E-state index contributed by atoms with van der Waals surface area (Å²) in [5.41, 5.74) is 12.5. The Morgan fingerprint density at radius 1 is 0.353 bits per heavy atom. The molecule has 0 aliphatic carbocycles. The first-order valence-corrected chi connectivity index (χ1v) is 19.2. The van der Waals surface area contributed by atoms with Crippen LogP contribution >= 0.6 is 0 Å². The molecule has 0 aliphatic rings. The Hall–Kier alpha value is -6.12. The van der Waals surface area contributed by atoms with Gasteiger partial charge >= 0.3 is 290 Å². The summed E-state index contributed by atoms with van der Waals surface area (Å²) in [6, 6.07) is 66.9. The minimum absolute atomic E-state index is 0.170. The fraction of sp³-hybridized carbons (Fsp3) is 0. The Kier molecular flexibility index (Phi) is 6.30. The number of para-hydroxylation sites is 3. The van der Waals surface area contributed by atoms with Crippen LogP contribution in [0.5, 0.6) is 0 Å². The number of hydrogen-bond donors (Lipinski definition) is 0. The summed E-state index contributed by atoms with van der Waals surface area (Å²) in [6.45, 7) is 0. The fourth-order valence-corrected chi connectivity index (χ4v) is 11.0. The van der Waals surface area contributed by atoms with E-state index >= 15 is 0 Å². The quantitative estimate of drug-likeness (QED) is 0.161. The molecule has 0 aliphatic heterocycles. The third-order valence-corrected chi connectivity index (χ3v) is 13.1. The summed E-state index contributed by atoms with van der Waals surface area (Å²) >= 11 is 0.170. The van der Waals surface area contributed by atoms with Crippen molar-refractivity contribution in [2.75, 3.05) is 0 Å². The Labute approximate surface area is 300 Å². The summed E-state index contributed by atoms with van der Waals surface area (Å²) in [7, 11) is 0. The molecule has 8 aromatic carbocycles. The van der Waals surface area contributed by atoms with Gasteiger partial charge in [0, 0.05) is 0 Å². The van der Waals surface area contributed by atoms with Gasteiger partial charge < -0.3 is 0 Å². The van der Waals surface area contributed by atoms with Crippen molar-refractivity contribution in [1.29, 1.82) is 0 Å². The zero-order valence-electron chi connectivity index (χ0n) is 27.6. The van der Waals surface area contributed by atoms with Gasteiger partial charge in [0.15, 0.2) is 0 Å². The van der Waals surface area contributed by atoms with Crippen molar-refractivity contribution >= 4 is 77.4 Å². The minimum atomic E-state index is 0.170. The van der Waals surface area contributed by atoms with E-state index in [0.29, 0.717) is 0 Å². The summed E-state index contributed by atoms with van der Waals surface area (Å²) in [6.07, 6.45) is 0. The molecule has 0 fully saturated rings. The standard InChI is InChI=1S/C48H30N2Se/c1-2-14-31(15-3-1)33-16-4-5-17-34(33)38-21-12-22-39-47-45(26-13-27-46(47)51-48(38)39)50-43-25-11-8-20-37(43)40-30-32(28-29-44(40)50)49-41-23-9-6-18-35(41)36-19-7-10-24-42(36)49/h1-30H. The predicted molar refractivity (Wildman–Crippen MR) is 218 cm³/mol. The zero-order chi connectivity index (χ0) is 33.5. The van der Waals surface area contributed by atoms with E-state index < -0.39 is 0 Å². The Balaban J connectivity index is 1.16. The van der Waals surface area contributed by atoms with Gasteiger partial charge in [0.1, 0.15) is 0 Å². The van der Waals surface area contributed by atoms with Gasteiger partial charge in [0.25, 0.3) is 0 Å². The van der Waals surface area contributed by atoms with Crippen LogP contribution in [0.1, 0.15) is 0 Å². The van der Waals surface area contributed by atoms with Crippen LogP contribution in [0.25, 0.3) is 96.5 Å². The van der Waals surface area contributed by atoms with Crippen LogP contribution in [0, 0.1) is 0 Å². The number of rotatable bonds is 4. The van der Waals surface area contributed by atoms with E-state index in [-0.39, 0.29) is 14.5 Å². The van der Waals surface area contributed by atoms with Gasteiger partial charge in [0.05, 0.1) is 0 Å². The molecule has 0 saturated carbocycles. The van der Waals surface area contributed by atoms with E-state index in [4.69, 9.17) is 0 Å². The van der Waals surface area contributed by atoms with Crippen LogP contribution in [0.2, 0.25) is 0 Å². The first kappa shape index (κ1) is 28.7. The molecule has 0 amide bonds. The van der Waals surface area contributed by atoms with Crippen LogP contribution in [0.15, 0.2) is 182 Å². The summed E-state index contributed by atoms with van der Waals surface area (Å²) < 4.78 is 7.83. The topological polar surface area (TPSA) is 9.86 Å². The molecule has 51 heavy (non-hydrogen) atoms. The number of hydrogen-bond acceptors (Lipinski definition) is 0. The average molecular weight is 714 g/mol. The molecule has 0 unspecified atom stereocenters. The monoisotopic (exact) mass is 714 g/mol. The van der Waals surface area contributed by atoms with E-state index in [1.807, 2.05) is 0 Å². The van der Waals surface area contributed by atoms with Crippen molar-refractivity contribution in [2.45, 2.75) is 0 Å². The normalized spacial score (nSPS) is 11.9. The molecule has 0 saturated heterocycles. The van der Waals surface area contributed by atoms with E-state index in [0.717, 1.165) is 0 Å². The van der Waals surface area contributed by atoms with Crippen molar-refractivity contribution in [1.82, 2.24) is 9.13 Å². The first-order chi connectivity index (χ1) is 25.3. The van der Waals surface area contributed by atoms with Gasteiger partial charge in [-0.15, -0.1) is 0 Å². The van der Waals surface area contributed by atoms with Crippen molar-refractivity contribution in [2.24, 2.45) is 0 Å². The summed E-state index contributed by atoms with van der Waals surface area (Å²) in [5, 5.41) is 7.80. The Morgan fingerprint density at radius 3 is 1.65 bits per heavy atom. The van der Waals surface area contributed by atoms with E-state index in [2.05, 4.69) is 191 Å². The third kappa shape index (κ3) is 4.23. The molecule has 0 spiro atoms. The van der Waals surface area contributed by atoms with Crippen LogP contribution in [0.3, 0.4) is 0 Å². The number of benzene rings is 8. The molecule has 238 valence electrons. The molecule has 2 nitrogen and oxygen atoms in total. The summed E-state index contributed by atoms with van der Waals surface area (Å²) in [4.78, 5) is 0. The van der Waals surface area contributed by atoms with Crippen molar-refractivity contribution < 1.29 is 0 Å².